The number of amides is 1. The summed E-state index contributed by atoms with van der Waals surface area (Å²) < 4.78 is 15.7. The highest BCUT2D eigenvalue weighted by molar-refractivity contribution is 5.99. The van der Waals surface area contributed by atoms with E-state index in [9.17, 15) is 9.18 Å². The second-order valence-corrected chi connectivity index (χ2v) is 7.57. The van der Waals surface area contributed by atoms with Gasteiger partial charge < -0.3 is 10.2 Å². The Labute approximate surface area is 161 Å². The molecular weight excluding hydrogens is 359 g/mol. The first kappa shape index (κ1) is 17.1. The first-order chi connectivity index (χ1) is 13.6. The summed E-state index contributed by atoms with van der Waals surface area (Å²) in [4.78, 5) is 24.1. The molecule has 2 atom stereocenters. The maximum Gasteiger partial charge on any atom is 0.256 e. The number of fused-ring (bicyclic) bond motifs is 5. The number of halogens is 1. The quantitative estimate of drug-likeness (QED) is 0.649. The van der Waals surface area contributed by atoms with Gasteiger partial charge in [-0.2, -0.15) is 5.10 Å². The molecule has 0 radical (unpaired) electrons. The SMILES string of the molecule is C[C@@H]1CCc2ncc(F)cc2[C@H]2CCCN2c2ccn3ncc(c3n2)C(=O)N1. The number of pyridine rings is 1. The summed E-state index contributed by atoms with van der Waals surface area (Å²) >= 11 is 0. The summed E-state index contributed by atoms with van der Waals surface area (Å²) in [5.41, 5.74) is 2.81. The predicted molar refractivity (Wildman–Crippen MR) is 102 cm³/mol. The molecule has 0 aliphatic carbocycles. The van der Waals surface area contributed by atoms with E-state index in [1.165, 1.54) is 6.20 Å². The van der Waals surface area contributed by atoms with E-state index in [0.29, 0.717) is 17.6 Å². The Morgan fingerprint density at radius 1 is 1.29 bits per heavy atom. The molecule has 0 saturated carbocycles. The number of hydrogen-bond donors (Lipinski definition) is 1. The lowest BCUT2D eigenvalue weighted by Crippen LogP contribution is -2.33. The van der Waals surface area contributed by atoms with Crippen LogP contribution in [0.3, 0.4) is 0 Å². The van der Waals surface area contributed by atoms with Gasteiger partial charge >= 0.3 is 0 Å². The number of aryl methyl sites for hydroxylation is 1. The Bertz CT molecular complexity index is 1060. The maximum atomic E-state index is 14.1. The summed E-state index contributed by atoms with van der Waals surface area (Å²) in [6.45, 7) is 2.79. The van der Waals surface area contributed by atoms with E-state index in [2.05, 4.69) is 20.3 Å². The van der Waals surface area contributed by atoms with E-state index in [1.54, 1.807) is 16.8 Å². The van der Waals surface area contributed by atoms with Crippen LogP contribution in [0.15, 0.2) is 30.7 Å². The third-order valence-electron chi connectivity index (χ3n) is 5.67. The topological polar surface area (TPSA) is 75.4 Å². The molecule has 3 aromatic rings. The highest BCUT2D eigenvalue weighted by Crippen LogP contribution is 2.37. The molecule has 5 rings (SSSR count). The number of carbonyl (C=O) groups excluding carboxylic acids is 1. The van der Waals surface area contributed by atoms with Crippen molar-refractivity contribution in [3.8, 4) is 0 Å². The van der Waals surface area contributed by atoms with Crippen molar-refractivity contribution >= 4 is 17.4 Å². The molecule has 5 heterocycles. The van der Waals surface area contributed by atoms with Crippen molar-refractivity contribution in [1.82, 2.24) is 24.9 Å². The third kappa shape index (κ3) is 2.80. The summed E-state index contributed by atoms with van der Waals surface area (Å²) in [5, 5.41) is 7.27. The largest absolute Gasteiger partial charge is 0.349 e. The predicted octanol–water partition coefficient (Wildman–Crippen LogP) is 2.67. The van der Waals surface area contributed by atoms with Gasteiger partial charge in [0.05, 0.1) is 18.4 Å². The normalized spacial score (nSPS) is 22.2. The van der Waals surface area contributed by atoms with Gasteiger partial charge in [-0.15, -0.1) is 0 Å². The Morgan fingerprint density at radius 2 is 2.18 bits per heavy atom. The van der Waals surface area contributed by atoms with Crippen molar-refractivity contribution < 1.29 is 9.18 Å². The van der Waals surface area contributed by atoms with Gasteiger partial charge in [-0.1, -0.05) is 0 Å². The van der Waals surface area contributed by atoms with Crippen LogP contribution in [0.25, 0.3) is 5.65 Å². The molecule has 2 aliphatic rings. The molecule has 0 unspecified atom stereocenters. The fourth-order valence-electron chi connectivity index (χ4n) is 4.25. The van der Waals surface area contributed by atoms with Crippen LogP contribution >= 0.6 is 0 Å². The number of aromatic nitrogens is 4. The molecule has 8 heteroatoms. The second kappa shape index (κ2) is 6.54. The lowest BCUT2D eigenvalue weighted by Gasteiger charge is -2.27. The van der Waals surface area contributed by atoms with E-state index in [-0.39, 0.29) is 23.8 Å². The third-order valence-corrected chi connectivity index (χ3v) is 5.67. The van der Waals surface area contributed by atoms with E-state index >= 15 is 0 Å². The van der Waals surface area contributed by atoms with Gasteiger partial charge in [0.2, 0.25) is 0 Å². The van der Waals surface area contributed by atoms with Gasteiger partial charge in [-0.25, -0.2) is 13.9 Å². The average molecular weight is 380 g/mol. The highest BCUT2D eigenvalue weighted by atomic mass is 19.1. The van der Waals surface area contributed by atoms with E-state index in [4.69, 9.17) is 4.98 Å². The minimum atomic E-state index is -0.322. The first-order valence-electron chi connectivity index (χ1n) is 9.66. The van der Waals surface area contributed by atoms with Gasteiger partial charge in [-0.3, -0.25) is 9.78 Å². The van der Waals surface area contributed by atoms with Crippen LogP contribution in [-0.4, -0.2) is 38.1 Å². The molecule has 1 N–H and O–H groups in total. The molecule has 1 amide bonds. The smallest absolute Gasteiger partial charge is 0.256 e. The summed E-state index contributed by atoms with van der Waals surface area (Å²) in [6, 6.07) is 3.48. The van der Waals surface area contributed by atoms with Crippen molar-refractivity contribution in [2.45, 2.75) is 44.7 Å². The standard InChI is InChI=1S/C20H21FN6O/c1-12-4-5-16-14(9-13(21)10-22-16)17-3-2-7-26(17)18-6-8-27-19(25-18)15(11-23-27)20(28)24-12/h6,8-12,17H,2-5,7H2,1H3,(H,24,28)/t12-,17-/m1/s1. The molecule has 2 aliphatic heterocycles. The summed E-state index contributed by atoms with van der Waals surface area (Å²) in [7, 11) is 0. The minimum Gasteiger partial charge on any atom is -0.349 e. The van der Waals surface area contributed by atoms with E-state index in [1.807, 2.05) is 19.2 Å². The van der Waals surface area contributed by atoms with Crippen LogP contribution < -0.4 is 10.2 Å². The highest BCUT2D eigenvalue weighted by Gasteiger charge is 2.31. The summed E-state index contributed by atoms with van der Waals surface area (Å²) in [5.74, 6) is 0.265. The molecule has 144 valence electrons. The number of carbonyl (C=O) groups is 1. The van der Waals surface area contributed by atoms with Crippen molar-refractivity contribution in [2.75, 3.05) is 11.4 Å². The number of nitrogens with one attached hydrogen (secondary N) is 1. The molecule has 0 aromatic carbocycles. The van der Waals surface area contributed by atoms with Gasteiger partial charge in [0.15, 0.2) is 5.65 Å². The van der Waals surface area contributed by atoms with Crippen molar-refractivity contribution in [1.29, 1.82) is 0 Å². The van der Waals surface area contributed by atoms with E-state index in [0.717, 1.165) is 42.9 Å². The Hall–Kier alpha value is -3.03. The second-order valence-electron chi connectivity index (χ2n) is 7.57. The molecule has 3 aromatic heterocycles. The minimum absolute atomic E-state index is 0.0271. The zero-order chi connectivity index (χ0) is 19.3. The average Bonchev–Trinajstić information content (AvgIpc) is 3.32. The van der Waals surface area contributed by atoms with Crippen molar-refractivity contribution in [3.63, 3.8) is 0 Å². The fourth-order valence-corrected chi connectivity index (χ4v) is 4.25. The molecule has 2 bridgehead atoms. The lowest BCUT2D eigenvalue weighted by molar-refractivity contribution is 0.0940. The zero-order valence-electron chi connectivity index (χ0n) is 15.6. The molecule has 0 spiro atoms. The lowest BCUT2D eigenvalue weighted by atomic mass is 9.98. The zero-order valence-corrected chi connectivity index (χ0v) is 15.6. The van der Waals surface area contributed by atoms with Crippen LogP contribution in [0, 0.1) is 5.82 Å². The van der Waals surface area contributed by atoms with Crippen LogP contribution in [0.4, 0.5) is 10.2 Å². The van der Waals surface area contributed by atoms with Crippen LogP contribution in [0.1, 0.15) is 53.8 Å². The molecule has 28 heavy (non-hydrogen) atoms. The van der Waals surface area contributed by atoms with Crippen LogP contribution in [0.2, 0.25) is 0 Å². The van der Waals surface area contributed by atoms with Gasteiger partial charge in [0.1, 0.15) is 17.2 Å². The molecule has 1 saturated heterocycles. The maximum absolute atomic E-state index is 14.1. The molecular formula is C20H21FN6O. The number of nitrogens with zero attached hydrogens (tertiary/aromatic N) is 5. The van der Waals surface area contributed by atoms with Gasteiger partial charge in [-0.05, 0) is 50.3 Å². The number of anilines is 1. The Morgan fingerprint density at radius 3 is 3.07 bits per heavy atom. The van der Waals surface area contributed by atoms with Gasteiger partial charge in [0, 0.05) is 24.5 Å². The molecule has 1 fully saturated rings. The fraction of sp³-hybridized carbons (Fsp3) is 0.400. The van der Waals surface area contributed by atoms with Gasteiger partial charge in [0.25, 0.3) is 5.91 Å². The first-order valence-corrected chi connectivity index (χ1v) is 9.66. The van der Waals surface area contributed by atoms with Crippen molar-refractivity contribution in [2.24, 2.45) is 0 Å². The number of rotatable bonds is 0. The monoisotopic (exact) mass is 380 g/mol. The summed E-state index contributed by atoms with van der Waals surface area (Å²) in [6.07, 6.45) is 7.97. The van der Waals surface area contributed by atoms with Crippen LogP contribution in [0.5, 0.6) is 0 Å². The van der Waals surface area contributed by atoms with Crippen molar-refractivity contribution in [3.05, 3.63) is 53.4 Å². The Balaban J connectivity index is 1.69. The molecule has 7 nitrogen and oxygen atoms in total. The Kier molecular flexibility index (Phi) is 3.99. The van der Waals surface area contributed by atoms with E-state index < -0.39 is 0 Å². The van der Waals surface area contributed by atoms with Crippen LogP contribution in [-0.2, 0) is 6.42 Å². The number of hydrogen-bond acceptors (Lipinski definition) is 5.